The van der Waals surface area contributed by atoms with Crippen LogP contribution in [0.25, 0.3) is 39.4 Å². The van der Waals surface area contributed by atoms with E-state index in [9.17, 15) is 31.2 Å². The molecule has 15 heteroatoms. The summed E-state index contributed by atoms with van der Waals surface area (Å²) < 4.78 is 88.8. The van der Waals surface area contributed by atoms with Crippen molar-refractivity contribution in [1.82, 2.24) is 29.1 Å². The minimum absolute atomic E-state index is 0.0234. The predicted molar refractivity (Wildman–Crippen MR) is 150 cm³/mol. The Labute approximate surface area is 241 Å². The summed E-state index contributed by atoms with van der Waals surface area (Å²) in [6.45, 7) is 3.14. The number of hydrogen-bond acceptors (Lipinski definition) is 5. The molecule has 6 rings (SSSR count). The number of imidazole rings is 1. The van der Waals surface area contributed by atoms with Crippen molar-refractivity contribution in [1.29, 1.82) is 0 Å². The van der Waals surface area contributed by atoms with Crippen molar-refractivity contribution in [2.45, 2.75) is 31.3 Å². The van der Waals surface area contributed by atoms with Gasteiger partial charge in [0.25, 0.3) is 0 Å². The Balaban J connectivity index is 1.51. The molecule has 3 heterocycles. The number of alkyl halides is 6. The first-order valence-electron chi connectivity index (χ1n) is 13.2. The molecule has 1 fully saturated rings. The molecule has 43 heavy (non-hydrogen) atoms. The standard InChI is InChI=1S/C28H26F6N6O2P/c1-38-25(15-8-9-15)24(35-26(38)18-11-10-16(43(3,4)41)12-21(18)42-28(32,33)34)17-6-5-7-20-19(17)14-40(36-20)23-13-22(27(29,30)31)39(2)37-23/h5-7,10-15,41H,8-9H2,1-4H3/q+1. The summed E-state index contributed by atoms with van der Waals surface area (Å²) in [5.74, 6) is -0.147. The van der Waals surface area contributed by atoms with Gasteiger partial charge in [0.2, 0.25) is 0 Å². The van der Waals surface area contributed by atoms with E-state index in [1.165, 1.54) is 23.9 Å². The highest BCUT2D eigenvalue weighted by atomic mass is 31.2. The van der Waals surface area contributed by atoms with Crippen LogP contribution in [0.1, 0.15) is 30.1 Å². The van der Waals surface area contributed by atoms with E-state index in [0.717, 1.165) is 29.3 Å². The summed E-state index contributed by atoms with van der Waals surface area (Å²) >= 11 is 0. The summed E-state index contributed by atoms with van der Waals surface area (Å²) in [6, 6.07) is 10.4. The van der Waals surface area contributed by atoms with Gasteiger partial charge in [-0.25, -0.2) is 14.6 Å². The van der Waals surface area contributed by atoms with E-state index in [1.54, 1.807) is 55.4 Å². The quantitative estimate of drug-likeness (QED) is 0.174. The van der Waals surface area contributed by atoms with Crippen LogP contribution in [0.5, 0.6) is 5.75 Å². The molecule has 1 aliphatic rings. The van der Waals surface area contributed by atoms with Gasteiger partial charge in [-0.3, -0.25) is 4.68 Å². The molecule has 0 atom stereocenters. The number of halogens is 6. The molecule has 0 radical (unpaired) electrons. The number of hydrogen-bond donors (Lipinski definition) is 1. The molecular weight excluding hydrogens is 597 g/mol. The van der Waals surface area contributed by atoms with Gasteiger partial charge >= 0.3 is 12.5 Å². The number of nitrogens with zero attached hydrogens (tertiary/aromatic N) is 6. The maximum Gasteiger partial charge on any atom is 0.573 e. The van der Waals surface area contributed by atoms with Crippen molar-refractivity contribution in [2.24, 2.45) is 14.1 Å². The molecule has 0 aliphatic heterocycles. The molecule has 0 bridgehead atoms. The first-order valence-corrected chi connectivity index (χ1v) is 15.8. The number of aromatic nitrogens is 6. The molecule has 8 nitrogen and oxygen atoms in total. The van der Waals surface area contributed by atoms with Crippen LogP contribution in [-0.2, 0) is 20.3 Å². The second-order valence-electron chi connectivity index (χ2n) is 10.9. The van der Waals surface area contributed by atoms with Crippen LogP contribution >= 0.6 is 7.49 Å². The lowest BCUT2D eigenvalue weighted by Gasteiger charge is -2.16. The van der Waals surface area contributed by atoms with Gasteiger partial charge in [-0.15, -0.1) is 13.2 Å². The molecule has 0 spiro atoms. The van der Waals surface area contributed by atoms with Crippen molar-refractivity contribution >= 4 is 23.7 Å². The van der Waals surface area contributed by atoms with Gasteiger partial charge in [-0.2, -0.15) is 23.4 Å². The zero-order valence-corrected chi connectivity index (χ0v) is 24.3. The highest BCUT2D eigenvalue weighted by Crippen LogP contribution is 2.49. The molecule has 1 saturated carbocycles. The molecule has 0 unspecified atom stereocenters. The van der Waals surface area contributed by atoms with E-state index in [2.05, 4.69) is 14.9 Å². The maximum absolute atomic E-state index is 13.5. The fraction of sp³-hybridized carbons (Fsp3) is 0.321. The Bertz CT molecular complexity index is 1860. The zero-order valence-electron chi connectivity index (χ0n) is 23.4. The first-order chi connectivity index (χ1) is 20.0. The third-order valence-electron chi connectivity index (χ3n) is 7.36. The van der Waals surface area contributed by atoms with E-state index >= 15 is 0 Å². The summed E-state index contributed by atoms with van der Waals surface area (Å²) in [5.41, 5.74) is 1.61. The fourth-order valence-corrected chi connectivity index (χ4v) is 6.09. The first kappa shape index (κ1) is 29.2. The molecule has 226 valence electrons. The second-order valence-corrected chi connectivity index (χ2v) is 14.3. The normalized spacial score (nSPS) is 14.6. The maximum atomic E-state index is 13.5. The highest BCUT2D eigenvalue weighted by molar-refractivity contribution is 7.76. The van der Waals surface area contributed by atoms with Crippen molar-refractivity contribution in [2.75, 3.05) is 13.3 Å². The van der Waals surface area contributed by atoms with Crippen molar-refractivity contribution in [3.63, 3.8) is 0 Å². The lowest BCUT2D eigenvalue weighted by molar-refractivity contribution is -0.274. The van der Waals surface area contributed by atoms with Gasteiger partial charge in [-0.05, 0) is 31.0 Å². The second kappa shape index (κ2) is 9.81. The zero-order chi connectivity index (χ0) is 31.1. The minimum atomic E-state index is -4.98. The Kier molecular flexibility index (Phi) is 6.66. The van der Waals surface area contributed by atoms with E-state index in [1.807, 2.05) is 0 Å². The topological polar surface area (TPSA) is 82.9 Å². The average Bonchev–Trinajstić information content (AvgIpc) is 3.33. The van der Waals surface area contributed by atoms with Gasteiger partial charge in [0.05, 0.1) is 30.1 Å². The molecular formula is C28H26F6N6O2P+. The molecule has 0 amide bonds. The number of fused-ring (bicyclic) bond motifs is 1. The molecule has 5 aromatic rings. The van der Waals surface area contributed by atoms with Gasteiger partial charge in [0.1, 0.15) is 22.6 Å². The van der Waals surface area contributed by atoms with E-state index < -0.39 is 31.5 Å². The molecule has 3 aromatic heterocycles. The Morgan fingerprint density at radius 2 is 1.67 bits per heavy atom. The summed E-state index contributed by atoms with van der Waals surface area (Å²) in [7, 11) is 0.269. The van der Waals surface area contributed by atoms with Crippen molar-refractivity contribution in [3.8, 4) is 34.2 Å². The monoisotopic (exact) mass is 623 g/mol. The SMILES string of the molecule is Cn1nc(-n2cc3c(-c4nc(-c5ccc([P+](C)(C)O)cc5OC(F)(F)F)n(C)c4C4CC4)cccc3n2)cc1C(F)(F)F. The predicted octanol–water partition coefficient (Wildman–Crippen LogP) is 6.43. The largest absolute Gasteiger partial charge is 0.573 e. The fourth-order valence-electron chi connectivity index (χ4n) is 5.22. The summed E-state index contributed by atoms with van der Waals surface area (Å²) in [5, 5.41) is 9.35. The van der Waals surface area contributed by atoms with Crippen LogP contribution in [0.3, 0.4) is 0 Å². The van der Waals surface area contributed by atoms with E-state index in [0.29, 0.717) is 27.5 Å². The average molecular weight is 624 g/mol. The minimum Gasteiger partial charge on any atom is -0.405 e. The van der Waals surface area contributed by atoms with Crippen LogP contribution in [0.4, 0.5) is 26.3 Å². The van der Waals surface area contributed by atoms with Crippen LogP contribution in [-0.4, -0.2) is 53.7 Å². The van der Waals surface area contributed by atoms with E-state index in [-0.39, 0.29) is 23.1 Å². The Morgan fingerprint density at radius 3 is 2.28 bits per heavy atom. The van der Waals surface area contributed by atoms with Crippen molar-refractivity contribution in [3.05, 3.63) is 60.0 Å². The number of aryl methyl sites for hydroxylation is 1. The molecule has 1 aliphatic carbocycles. The highest BCUT2D eigenvalue weighted by Gasteiger charge is 2.38. The van der Waals surface area contributed by atoms with Gasteiger partial charge < -0.3 is 9.30 Å². The number of ether oxygens (including phenoxy) is 1. The van der Waals surface area contributed by atoms with E-state index in [4.69, 9.17) is 4.98 Å². The third kappa shape index (κ3) is 5.49. The summed E-state index contributed by atoms with van der Waals surface area (Å²) in [6.07, 6.45) is -6.27. The lowest BCUT2D eigenvalue weighted by Crippen LogP contribution is -2.19. The molecule has 1 N–H and O–H groups in total. The number of rotatable bonds is 6. The molecule has 2 aromatic carbocycles. The lowest BCUT2D eigenvalue weighted by atomic mass is 10.0. The van der Waals surface area contributed by atoms with Crippen LogP contribution in [0.2, 0.25) is 0 Å². The van der Waals surface area contributed by atoms with Crippen molar-refractivity contribution < 1.29 is 36.0 Å². The van der Waals surface area contributed by atoms with Crippen LogP contribution in [0.15, 0.2) is 48.7 Å². The Morgan fingerprint density at radius 1 is 0.953 bits per heavy atom. The molecule has 0 saturated heterocycles. The summed E-state index contributed by atoms with van der Waals surface area (Å²) in [4.78, 5) is 15.4. The Hall–Kier alpha value is -3.90. The van der Waals surface area contributed by atoms with Gasteiger partial charge in [-0.1, -0.05) is 12.1 Å². The van der Waals surface area contributed by atoms with Crippen LogP contribution in [0, 0.1) is 0 Å². The van der Waals surface area contributed by atoms with Crippen LogP contribution < -0.4 is 10.0 Å². The number of benzene rings is 2. The van der Waals surface area contributed by atoms with Gasteiger partial charge in [0, 0.05) is 55.0 Å². The van der Waals surface area contributed by atoms with Gasteiger partial charge in [0.15, 0.2) is 13.3 Å². The third-order valence-corrected chi connectivity index (χ3v) is 8.91. The smallest absolute Gasteiger partial charge is 0.405 e.